The lowest BCUT2D eigenvalue weighted by Crippen LogP contribution is -2.72. The van der Waals surface area contributed by atoms with Crippen LogP contribution in [0.3, 0.4) is 0 Å². The van der Waals surface area contributed by atoms with Gasteiger partial charge in [-0.1, -0.05) is 11.2 Å². The van der Waals surface area contributed by atoms with Gasteiger partial charge in [0.05, 0.1) is 17.1 Å². The molecule has 0 saturated carbocycles. The lowest BCUT2D eigenvalue weighted by atomic mass is 9.72. The molecule has 2 aliphatic heterocycles. The first-order chi connectivity index (χ1) is 17.9. The highest BCUT2D eigenvalue weighted by atomic mass is 19.2. The Morgan fingerprint density at radius 3 is 2.59 bits per heavy atom. The zero-order valence-electron chi connectivity index (χ0n) is 20.9. The number of aromatic nitrogens is 3. The molecule has 190 valence electrons. The summed E-state index contributed by atoms with van der Waals surface area (Å²) in [5.74, 6) is -1.84. The number of benzene rings is 1. The van der Waals surface area contributed by atoms with Crippen molar-refractivity contribution in [2.75, 3.05) is 37.7 Å². The zero-order chi connectivity index (χ0) is 25.6. The molecule has 0 atom stereocenters. The van der Waals surface area contributed by atoms with Crippen molar-refractivity contribution in [3.8, 4) is 0 Å². The van der Waals surface area contributed by atoms with E-state index in [9.17, 15) is 8.78 Å². The number of aryl methyl sites for hydroxylation is 1. The van der Waals surface area contributed by atoms with E-state index >= 15 is 0 Å². The van der Waals surface area contributed by atoms with Gasteiger partial charge in [0.15, 0.2) is 11.6 Å². The largest absolute Gasteiger partial charge is 0.396 e. The molecule has 6 rings (SSSR count). The molecular weight excluding hydrogens is 474 g/mol. The molecule has 0 amide bonds. The molecule has 2 aliphatic rings. The summed E-state index contributed by atoms with van der Waals surface area (Å²) in [7, 11) is 0. The van der Waals surface area contributed by atoms with E-state index in [1.165, 1.54) is 11.8 Å². The number of nitrogens with zero attached hydrogens (tertiary/aromatic N) is 6. The summed E-state index contributed by atoms with van der Waals surface area (Å²) >= 11 is 0. The number of hydrogen-bond acceptors (Lipinski definition) is 6. The molecule has 5 heterocycles. The summed E-state index contributed by atoms with van der Waals surface area (Å²) in [5.41, 5.74) is 6.02. The number of rotatable bonds is 7. The Hall–Kier alpha value is -3.85. The van der Waals surface area contributed by atoms with Crippen LogP contribution in [0, 0.1) is 24.0 Å². The van der Waals surface area contributed by atoms with Crippen molar-refractivity contribution in [3.05, 3.63) is 95.2 Å². The fraction of sp³-hybridized carbons (Fsp3) is 0.321. The van der Waals surface area contributed by atoms with Gasteiger partial charge in [-0.25, -0.2) is 13.8 Å². The molecular formula is C28H28F2N6O. The van der Waals surface area contributed by atoms with Gasteiger partial charge >= 0.3 is 0 Å². The van der Waals surface area contributed by atoms with Crippen LogP contribution < -0.4 is 4.90 Å². The van der Waals surface area contributed by atoms with Crippen molar-refractivity contribution in [1.82, 2.24) is 19.3 Å². The first-order valence-electron chi connectivity index (χ1n) is 12.4. The second-order valence-corrected chi connectivity index (χ2v) is 10.1. The smallest absolute Gasteiger partial charge is 0.159 e. The number of oxime groups is 1. The summed E-state index contributed by atoms with van der Waals surface area (Å²) < 4.78 is 29.3. The van der Waals surface area contributed by atoms with E-state index in [2.05, 4.69) is 53.9 Å². The van der Waals surface area contributed by atoms with Crippen molar-refractivity contribution in [3.63, 3.8) is 0 Å². The minimum absolute atomic E-state index is 0.358. The number of anilines is 1. The van der Waals surface area contributed by atoms with Crippen LogP contribution in [0.1, 0.15) is 29.4 Å². The maximum atomic E-state index is 13.8. The Bertz CT molecular complexity index is 1470. The lowest BCUT2D eigenvalue weighted by molar-refractivity contribution is -0.0274. The van der Waals surface area contributed by atoms with E-state index in [4.69, 9.17) is 4.84 Å². The van der Waals surface area contributed by atoms with Crippen LogP contribution in [0.25, 0.3) is 5.65 Å². The summed E-state index contributed by atoms with van der Waals surface area (Å²) in [6.07, 6.45) is 6.04. The van der Waals surface area contributed by atoms with Crippen LogP contribution in [0.5, 0.6) is 0 Å². The normalized spacial score (nSPS) is 17.2. The Balaban J connectivity index is 1.07. The van der Waals surface area contributed by atoms with Gasteiger partial charge in [-0.15, -0.1) is 0 Å². The summed E-state index contributed by atoms with van der Waals surface area (Å²) in [5, 5.41) is 4.10. The Labute approximate surface area is 214 Å². The molecule has 0 bridgehead atoms. The van der Waals surface area contributed by atoms with Gasteiger partial charge in [-0.2, -0.15) is 0 Å². The summed E-state index contributed by atoms with van der Waals surface area (Å²) in [6, 6.07) is 11.8. The maximum Gasteiger partial charge on any atom is 0.159 e. The van der Waals surface area contributed by atoms with Gasteiger partial charge in [-0.05, 0) is 55.8 Å². The lowest BCUT2D eigenvalue weighted by Gasteiger charge is -2.61. The van der Waals surface area contributed by atoms with E-state index in [1.807, 2.05) is 32.2 Å². The molecule has 0 unspecified atom stereocenters. The molecule has 3 aromatic heterocycles. The molecule has 0 aliphatic carbocycles. The quantitative estimate of drug-likeness (QED) is 0.277. The maximum absolute atomic E-state index is 13.8. The molecule has 2 fully saturated rings. The van der Waals surface area contributed by atoms with Crippen molar-refractivity contribution < 1.29 is 13.6 Å². The van der Waals surface area contributed by atoms with Gasteiger partial charge in [0, 0.05) is 62.3 Å². The van der Waals surface area contributed by atoms with E-state index in [0.717, 1.165) is 61.8 Å². The van der Waals surface area contributed by atoms with E-state index in [1.54, 1.807) is 0 Å². The van der Waals surface area contributed by atoms with E-state index in [-0.39, 0.29) is 0 Å². The van der Waals surface area contributed by atoms with E-state index < -0.39 is 11.6 Å². The predicted molar refractivity (Wildman–Crippen MR) is 138 cm³/mol. The SMILES string of the molecule is CCO/N=C(\c1ccc(F)c(F)c1)c1ccc(CN2CC3(C2)CN(c2ccc4nc(C)cn4c2)C3)cn1. The fourth-order valence-corrected chi connectivity index (χ4v) is 5.39. The minimum atomic E-state index is -0.933. The van der Waals surface area contributed by atoms with Gasteiger partial charge in [0.25, 0.3) is 0 Å². The second kappa shape index (κ2) is 9.23. The number of likely N-dealkylation sites (tertiary alicyclic amines) is 1. The third-order valence-electron chi connectivity index (χ3n) is 7.04. The third-order valence-corrected chi connectivity index (χ3v) is 7.04. The van der Waals surface area contributed by atoms with Crippen molar-refractivity contribution in [2.24, 2.45) is 10.6 Å². The van der Waals surface area contributed by atoms with Crippen LogP contribution in [-0.2, 0) is 11.4 Å². The molecule has 4 aromatic rings. The fourth-order valence-electron chi connectivity index (χ4n) is 5.39. The van der Waals surface area contributed by atoms with E-state index in [0.29, 0.717) is 29.0 Å². The average molecular weight is 503 g/mol. The molecule has 0 N–H and O–H groups in total. The molecule has 37 heavy (non-hydrogen) atoms. The number of imidazole rings is 1. The number of halogens is 2. The average Bonchev–Trinajstić information content (AvgIpc) is 3.22. The van der Waals surface area contributed by atoms with Gasteiger partial charge in [-0.3, -0.25) is 9.88 Å². The van der Waals surface area contributed by atoms with Gasteiger partial charge < -0.3 is 14.1 Å². The number of pyridine rings is 2. The number of hydrogen-bond donors (Lipinski definition) is 0. The van der Waals surface area contributed by atoms with Crippen LogP contribution >= 0.6 is 0 Å². The van der Waals surface area contributed by atoms with Crippen molar-refractivity contribution in [2.45, 2.75) is 20.4 Å². The molecule has 2 saturated heterocycles. The van der Waals surface area contributed by atoms with Crippen LogP contribution in [-0.4, -0.2) is 57.8 Å². The topological polar surface area (TPSA) is 58.3 Å². The van der Waals surface area contributed by atoms with Gasteiger partial charge in [0.1, 0.15) is 18.0 Å². The Morgan fingerprint density at radius 2 is 1.86 bits per heavy atom. The highest BCUT2D eigenvalue weighted by Gasteiger charge is 2.51. The van der Waals surface area contributed by atoms with Crippen LogP contribution in [0.15, 0.2) is 66.2 Å². The zero-order valence-corrected chi connectivity index (χ0v) is 20.9. The summed E-state index contributed by atoms with van der Waals surface area (Å²) in [4.78, 5) is 19.1. The molecule has 7 nitrogen and oxygen atoms in total. The minimum Gasteiger partial charge on any atom is -0.396 e. The molecule has 1 aromatic carbocycles. The Morgan fingerprint density at radius 1 is 1.03 bits per heavy atom. The Kier molecular flexibility index (Phi) is 5.87. The number of fused-ring (bicyclic) bond motifs is 1. The third kappa shape index (κ3) is 4.55. The second-order valence-electron chi connectivity index (χ2n) is 10.1. The highest BCUT2D eigenvalue weighted by molar-refractivity contribution is 6.11. The standard InChI is InChI=1S/C28H28F2N6O/c1-3-37-33-27(21-5-7-23(29)24(30)10-21)25-8-4-20(11-31-25)13-34-15-28(16-34)17-36(18-28)22-6-9-26-32-19(2)12-35(26)14-22/h4-12,14H,3,13,15-18H2,1-2H3/b33-27+. The van der Waals surface area contributed by atoms with Gasteiger partial charge in [0.2, 0.25) is 0 Å². The van der Waals surface area contributed by atoms with Crippen molar-refractivity contribution in [1.29, 1.82) is 0 Å². The van der Waals surface area contributed by atoms with Crippen molar-refractivity contribution >= 4 is 17.0 Å². The van der Waals surface area contributed by atoms with Crippen LogP contribution in [0.4, 0.5) is 14.5 Å². The predicted octanol–water partition coefficient (Wildman–Crippen LogP) is 4.43. The highest BCUT2D eigenvalue weighted by Crippen LogP contribution is 2.42. The molecule has 9 heteroatoms. The van der Waals surface area contributed by atoms with Crippen LogP contribution in [0.2, 0.25) is 0 Å². The first kappa shape index (κ1) is 23.5. The summed E-state index contributed by atoms with van der Waals surface area (Å²) in [6.45, 7) is 9.24. The molecule has 1 spiro atoms. The molecule has 0 radical (unpaired) electrons. The monoisotopic (exact) mass is 502 g/mol. The first-order valence-corrected chi connectivity index (χ1v) is 12.4.